The summed E-state index contributed by atoms with van der Waals surface area (Å²) in [6, 6.07) is 0.664. The highest BCUT2D eigenvalue weighted by Crippen LogP contribution is 2.30. The first kappa shape index (κ1) is 14.4. The summed E-state index contributed by atoms with van der Waals surface area (Å²) in [7, 11) is 2.02. The second-order valence-electron chi connectivity index (χ2n) is 4.88. The highest BCUT2D eigenvalue weighted by atomic mass is 79.9. The highest BCUT2D eigenvalue weighted by molar-refractivity contribution is 9.10. The van der Waals surface area contributed by atoms with Crippen molar-refractivity contribution in [3.8, 4) is 0 Å². The largest absolute Gasteiger partial charge is 0.307 e. The van der Waals surface area contributed by atoms with Crippen LogP contribution in [0.2, 0.25) is 0 Å². The molecule has 2 unspecified atom stereocenters. The van der Waals surface area contributed by atoms with E-state index in [1.54, 1.807) is 0 Å². The van der Waals surface area contributed by atoms with Gasteiger partial charge in [-0.1, -0.05) is 13.3 Å². The lowest BCUT2D eigenvalue weighted by Crippen LogP contribution is -2.34. The van der Waals surface area contributed by atoms with Gasteiger partial charge in [0.2, 0.25) is 0 Å². The fraction of sp³-hybridized carbons (Fsp3) is 0.769. The molecule has 0 spiro atoms. The highest BCUT2D eigenvalue weighted by Gasteiger charge is 2.27. The Balaban J connectivity index is 1.94. The Kier molecular flexibility index (Phi) is 5.15. The van der Waals surface area contributed by atoms with E-state index < -0.39 is 0 Å². The Hall–Kier alpha value is 0. The van der Waals surface area contributed by atoms with Crippen LogP contribution in [0.3, 0.4) is 0 Å². The van der Waals surface area contributed by atoms with Gasteiger partial charge in [0.25, 0.3) is 0 Å². The van der Waals surface area contributed by atoms with Crippen LogP contribution in [0.4, 0.5) is 0 Å². The van der Waals surface area contributed by atoms with Crippen molar-refractivity contribution in [2.24, 2.45) is 7.05 Å². The molecule has 0 radical (unpaired) electrons. The molecule has 0 bridgehead atoms. The summed E-state index contributed by atoms with van der Waals surface area (Å²) >= 11 is 5.73. The van der Waals surface area contributed by atoms with Gasteiger partial charge in [0.05, 0.1) is 15.9 Å². The number of rotatable bonds is 5. The molecular weight excluding hydrogens is 310 g/mol. The van der Waals surface area contributed by atoms with Crippen molar-refractivity contribution in [3.63, 3.8) is 0 Å². The molecule has 0 amide bonds. The zero-order valence-corrected chi connectivity index (χ0v) is 13.8. The number of halogens is 1. The van der Waals surface area contributed by atoms with E-state index in [1.807, 2.05) is 18.7 Å². The standard InChI is InChI=1S/C13H22BrN3S/c1-4-18-12-7-5-6-10(12)15-8-11-13(14)9(2)16-17(11)3/h10,12,15H,4-8H2,1-3H3. The summed E-state index contributed by atoms with van der Waals surface area (Å²) in [5.74, 6) is 1.22. The molecule has 2 atom stereocenters. The fourth-order valence-electron chi connectivity index (χ4n) is 2.67. The molecule has 1 aliphatic carbocycles. The smallest absolute Gasteiger partial charge is 0.0739 e. The van der Waals surface area contributed by atoms with E-state index in [2.05, 4.69) is 45.0 Å². The summed E-state index contributed by atoms with van der Waals surface area (Å²) in [5.41, 5.74) is 2.32. The molecule has 3 nitrogen and oxygen atoms in total. The second kappa shape index (κ2) is 6.44. The summed E-state index contributed by atoms with van der Waals surface area (Å²) in [5, 5.41) is 8.95. The Labute approximate surface area is 122 Å². The number of nitrogens with one attached hydrogen (secondary N) is 1. The average molecular weight is 332 g/mol. The molecule has 1 aromatic rings. The van der Waals surface area contributed by atoms with Gasteiger partial charge >= 0.3 is 0 Å². The van der Waals surface area contributed by atoms with Crippen LogP contribution in [0.25, 0.3) is 0 Å². The molecule has 1 heterocycles. The summed E-state index contributed by atoms with van der Waals surface area (Å²) < 4.78 is 3.12. The predicted octanol–water partition coefficient (Wildman–Crippen LogP) is 3.25. The van der Waals surface area contributed by atoms with Gasteiger partial charge in [0.1, 0.15) is 0 Å². The minimum absolute atomic E-state index is 0.664. The summed E-state index contributed by atoms with van der Waals surface area (Å²) in [4.78, 5) is 0. The van der Waals surface area contributed by atoms with Crippen LogP contribution in [-0.4, -0.2) is 26.8 Å². The Morgan fingerprint density at radius 2 is 2.28 bits per heavy atom. The Morgan fingerprint density at radius 3 is 2.89 bits per heavy atom. The number of thioether (sulfide) groups is 1. The van der Waals surface area contributed by atoms with Gasteiger partial charge in [0.15, 0.2) is 0 Å². The predicted molar refractivity (Wildman–Crippen MR) is 82.0 cm³/mol. The Bertz CT molecular complexity index is 405. The number of hydrogen-bond donors (Lipinski definition) is 1. The van der Waals surface area contributed by atoms with Gasteiger partial charge in [0, 0.05) is 24.9 Å². The van der Waals surface area contributed by atoms with Gasteiger partial charge in [-0.3, -0.25) is 4.68 Å². The molecule has 18 heavy (non-hydrogen) atoms. The number of hydrogen-bond acceptors (Lipinski definition) is 3. The maximum Gasteiger partial charge on any atom is 0.0739 e. The minimum Gasteiger partial charge on any atom is -0.307 e. The van der Waals surface area contributed by atoms with E-state index in [0.717, 1.165) is 22.0 Å². The molecule has 0 saturated heterocycles. The van der Waals surface area contributed by atoms with Crippen molar-refractivity contribution < 1.29 is 0 Å². The third-order valence-corrected chi connectivity index (χ3v) is 5.98. The minimum atomic E-state index is 0.664. The van der Waals surface area contributed by atoms with E-state index in [4.69, 9.17) is 0 Å². The van der Waals surface area contributed by atoms with Gasteiger partial charge in [-0.25, -0.2) is 0 Å². The van der Waals surface area contributed by atoms with Gasteiger partial charge in [-0.15, -0.1) is 0 Å². The van der Waals surface area contributed by atoms with E-state index in [-0.39, 0.29) is 0 Å². The average Bonchev–Trinajstić information content (AvgIpc) is 2.85. The van der Waals surface area contributed by atoms with E-state index in [1.165, 1.54) is 30.7 Å². The molecule has 1 saturated carbocycles. The first-order valence-electron chi connectivity index (χ1n) is 6.66. The summed E-state index contributed by atoms with van der Waals surface area (Å²) in [6.45, 7) is 5.20. The lowest BCUT2D eigenvalue weighted by Gasteiger charge is -2.20. The molecule has 0 aromatic carbocycles. The number of aromatic nitrogens is 2. The molecule has 5 heteroatoms. The molecule has 0 aliphatic heterocycles. The Morgan fingerprint density at radius 1 is 1.50 bits per heavy atom. The van der Waals surface area contributed by atoms with Gasteiger partial charge in [-0.2, -0.15) is 16.9 Å². The van der Waals surface area contributed by atoms with Gasteiger partial charge < -0.3 is 5.32 Å². The van der Waals surface area contributed by atoms with Crippen molar-refractivity contribution in [1.82, 2.24) is 15.1 Å². The molecule has 2 rings (SSSR count). The van der Waals surface area contributed by atoms with E-state index in [0.29, 0.717) is 6.04 Å². The van der Waals surface area contributed by atoms with Crippen LogP contribution < -0.4 is 5.32 Å². The van der Waals surface area contributed by atoms with Gasteiger partial charge in [-0.05, 0) is 41.4 Å². The maximum absolute atomic E-state index is 4.44. The van der Waals surface area contributed by atoms with Crippen LogP contribution in [0.5, 0.6) is 0 Å². The van der Waals surface area contributed by atoms with Crippen molar-refractivity contribution in [1.29, 1.82) is 0 Å². The SMILES string of the molecule is CCSC1CCCC1NCc1c(Br)c(C)nn1C. The van der Waals surface area contributed by atoms with Crippen molar-refractivity contribution in [2.75, 3.05) is 5.75 Å². The van der Waals surface area contributed by atoms with Crippen LogP contribution >= 0.6 is 27.7 Å². The summed E-state index contributed by atoms with van der Waals surface area (Å²) in [6.07, 6.45) is 4.04. The zero-order chi connectivity index (χ0) is 13.1. The second-order valence-corrected chi connectivity index (χ2v) is 7.19. The van der Waals surface area contributed by atoms with E-state index in [9.17, 15) is 0 Å². The monoisotopic (exact) mass is 331 g/mol. The van der Waals surface area contributed by atoms with Crippen LogP contribution in [0.15, 0.2) is 4.47 Å². The number of aryl methyl sites for hydroxylation is 2. The molecule has 102 valence electrons. The first-order valence-corrected chi connectivity index (χ1v) is 8.50. The molecule has 1 aromatic heterocycles. The van der Waals surface area contributed by atoms with Crippen molar-refractivity contribution in [3.05, 3.63) is 15.9 Å². The first-order chi connectivity index (χ1) is 8.63. The molecule has 1 fully saturated rings. The zero-order valence-electron chi connectivity index (χ0n) is 11.4. The molecule has 1 aliphatic rings. The fourth-order valence-corrected chi connectivity index (χ4v) is 4.38. The topological polar surface area (TPSA) is 29.9 Å². The lowest BCUT2D eigenvalue weighted by molar-refractivity contribution is 0.513. The van der Waals surface area contributed by atoms with Crippen molar-refractivity contribution in [2.45, 2.75) is 50.9 Å². The lowest BCUT2D eigenvalue weighted by atomic mass is 10.2. The quantitative estimate of drug-likeness (QED) is 0.898. The van der Waals surface area contributed by atoms with Crippen LogP contribution in [0, 0.1) is 6.92 Å². The van der Waals surface area contributed by atoms with Crippen LogP contribution in [-0.2, 0) is 13.6 Å². The van der Waals surface area contributed by atoms with E-state index >= 15 is 0 Å². The number of nitrogens with zero attached hydrogens (tertiary/aromatic N) is 2. The van der Waals surface area contributed by atoms with Crippen LogP contribution in [0.1, 0.15) is 37.6 Å². The molecular formula is C13H22BrN3S. The molecule has 1 N–H and O–H groups in total. The third kappa shape index (κ3) is 3.11. The third-order valence-electron chi connectivity index (χ3n) is 3.63. The normalized spacial score (nSPS) is 23.8. The van der Waals surface area contributed by atoms with Crippen molar-refractivity contribution >= 4 is 27.7 Å². The maximum atomic E-state index is 4.44.